The van der Waals surface area contributed by atoms with Gasteiger partial charge in [-0.3, -0.25) is 9.63 Å². The number of aliphatic hydroxyl groups excluding tert-OH is 1. The second-order valence-corrected chi connectivity index (χ2v) is 12.6. The molecular formula is C23H33NO4Si. The molecule has 158 valence electrons. The van der Waals surface area contributed by atoms with Crippen molar-refractivity contribution in [3.8, 4) is 0 Å². The lowest BCUT2D eigenvalue weighted by Crippen LogP contribution is -2.68. The number of hydrogen-bond donors (Lipinski definition) is 1. The van der Waals surface area contributed by atoms with Crippen LogP contribution in [-0.2, 0) is 14.1 Å². The van der Waals surface area contributed by atoms with Crippen LogP contribution in [0.3, 0.4) is 0 Å². The van der Waals surface area contributed by atoms with Crippen molar-refractivity contribution in [1.29, 1.82) is 0 Å². The second-order valence-electron chi connectivity index (χ2n) is 8.31. The van der Waals surface area contributed by atoms with Crippen LogP contribution in [0.4, 0.5) is 0 Å². The van der Waals surface area contributed by atoms with E-state index in [2.05, 4.69) is 45.0 Å². The van der Waals surface area contributed by atoms with E-state index in [1.165, 1.54) is 12.2 Å². The molecule has 2 atom stereocenters. The first-order chi connectivity index (χ1) is 13.7. The van der Waals surface area contributed by atoms with Gasteiger partial charge in [-0.1, -0.05) is 88.4 Å². The number of nitrogens with zero attached hydrogens (tertiary/aromatic N) is 1. The molecule has 6 heteroatoms. The van der Waals surface area contributed by atoms with Gasteiger partial charge in [0.25, 0.3) is 14.2 Å². The van der Waals surface area contributed by atoms with Gasteiger partial charge in [-0.15, -0.1) is 0 Å². The van der Waals surface area contributed by atoms with Crippen molar-refractivity contribution in [2.24, 2.45) is 5.92 Å². The number of hydrogen-bond acceptors (Lipinski definition) is 4. The molecule has 0 bridgehead atoms. The molecule has 0 aliphatic heterocycles. The van der Waals surface area contributed by atoms with Gasteiger partial charge in [-0.2, -0.15) is 0 Å². The molecular weight excluding hydrogens is 382 g/mol. The van der Waals surface area contributed by atoms with Crippen LogP contribution in [0.1, 0.15) is 27.7 Å². The van der Waals surface area contributed by atoms with Crippen LogP contribution >= 0.6 is 0 Å². The van der Waals surface area contributed by atoms with Crippen LogP contribution in [0, 0.1) is 5.92 Å². The van der Waals surface area contributed by atoms with Crippen molar-refractivity contribution >= 4 is 24.6 Å². The molecule has 0 saturated heterocycles. The topological polar surface area (TPSA) is 59.0 Å². The van der Waals surface area contributed by atoms with Crippen molar-refractivity contribution in [1.82, 2.24) is 5.06 Å². The zero-order valence-electron chi connectivity index (χ0n) is 18.3. The minimum absolute atomic E-state index is 0.232. The highest BCUT2D eigenvalue weighted by molar-refractivity contribution is 6.99. The Morgan fingerprint density at radius 3 is 1.83 bits per heavy atom. The summed E-state index contributed by atoms with van der Waals surface area (Å²) in [6, 6.07) is 20.4. The summed E-state index contributed by atoms with van der Waals surface area (Å²) in [5, 5.41) is 13.4. The molecule has 0 radical (unpaired) electrons. The molecule has 5 nitrogen and oxygen atoms in total. The standard InChI is InChI=1S/C23H33NO4Si/c1-18(22(26)24(5)27-6)21(17-25)28-29(23(2,3)4,19-13-9-7-10-14-19)20-15-11-8-12-16-20/h7-16,18,21,25H,17H2,1-6H3/t18-,21+/m0/s1. The molecule has 29 heavy (non-hydrogen) atoms. The van der Waals surface area contributed by atoms with Gasteiger partial charge in [-0.05, 0) is 15.4 Å². The molecule has 2 aromatic rings. The molecule has 1 N–H and O–H groups in total. The van der Waals surface area contributed by atoms with E-state index in [4.69, 9.17) is 9.26 Å². The van der Waals surface area contributed by atoms with Crippen LogP contribution in [0.5, 0.6) is 0 Å². The van der Waals surface area contributed by atoms with Gasteiger partial charge in [0.2, 0.25) is 0 Å². The van der Waals surface area contributed by atoms with E-state index in [1.54, 1.807) is 14.0 Å². The van der Waals surface area contributed by atoms with Crippen molar-refractivity contribution in [3.63, 3.8) is 0 Å². The fraction of sp³-hybridized carbons (Fsp3) is 0.435. The van der Waals surface area contributed by atoms with E-state index in [-0.39, 0.29) is 17.6 Å². The van der Waals surface area contributed by atoms with E-state index in [0.717, 1.165) is 10.4 Å². The number of rotatable bonds is 8. The molecule has 0 fully saturated rings. The van der Waals surface area contributed by atoms with Crippen LogP contribution in [-0.4, -0.2) is 51.3 Å². The summed E-state index contributed by atoms with van der Waals surface area (Å²) >= 11 is 0. The van der Waals surface area contributed by atoms with Gasteiger partial charge >= 0.3 is 0 Å². The average molecular weight is 416 g/mol. The Labute approximate surface area is 175 Å². The Morgan fingerprint density at radius 2 is 1.48 bits per heavy atom. The molecule has 2 aromatic carbocycles. The molecule has 0 spiro atoms. The monoisotopic (exact) mass is 415 g/mol. The highest BCUT2D eigenvalue weighted by atomic mass is 28.4. The van der Waals surface area contributed by atoms with Crippen LogP contribution in [0.25, 0.3) is 0 Å². The molecule has 0 heterocycles. The van der Waals surface area contributed by atoms with E-state index >= 15 is 0 Å². The zero-order valence-corrected chi connectivity index (χ0v) is 19.3. The number of benzene rings is 2. The summed E-state index contributed by atoms with van der Waals surface area (Å²) in [5.41, 5.74) is 0. The Hall–Kier alpha value is -1.99. The van der Waals surface area contributed by atoms with E-state index in [0.29, 0.717) is 0 Å². The fourth-order valence-corrected chi connectivity index (χ4v) is 8.50. The largest absolute Gasteiger partial charge is 0.401 e. The maximum absolute atomic E-state index is 12.7. The minimum atomic E-state index is -2.86. The van der Waals surface area contributed by atoms with Gasteiger partial charge in [0, 0.05) is 7.05 Å². The van der Waals surface area contributed by atoms with Crippen LogP contribution in [0.15, 0.2) is 60.7 Å². The second kappa shape index (κ2) is 9.67. The fourth-order valence-electron chi connectivity index (χ4n) is 3.75. The van der Waals surface area contributed by atoms with Gasteiger partial charge < -0.3 is 9.53 Å². The molecule has 0 aliphatic rings. The number of aliphatic hydroxyl groups is 1. The van der Waals surface area contributed by atoms with Crippen LogP contribution in [0.2, 0.25) is 5.04 Å². The third kappa shape index (κ3) is 4.78. The summed E-state index contributed by atoms with van der Waals surface area (Å²) in [7, 11) is 0.153. The predicted octanol–water partition coefficient (Wildman–Crippen LogP) is 2.58. The van der Waals surface area contributed by atoms with Crippen molar-refractivity contribution < 1.29 is 19.2 Å². The Morgan fingerprint density at radius 1 is 1.03 bits per heavy atom. The normalized spacial score (nSPS) is 14.3. The van der Waals surface area contributed by atoms with Crippen molar-refractivity contribution in [2.45, 2.75) is 38.8 Å². The first-order valence-electron chi connectivity index (χ1n) is 9.90. The lowest BCUT2D eigenvalue weighted by molar-refractivity contribution is -0.176. The number of hydroxylamine groups is 2. The predicted molar refractivity (Wildman–Crippen MR) is 119 cm³/mol. The Kier molecular flexibility index (Phi) is 7.77. The van der Waals surface area contributed by atoms with E-state index in [1.807, 2.05) is 36.4 Å². The first kappa shape index (κ1) is 23.3. The van der Waals surface area contributed by atoms with Crippen LogP contribution < -0.4 is 10.4 Å². The summed E-state index contributed by atoms with van der Waals surface area (Å²) in [4.78, 5) is 17.8. The molecule has 2 rings (SSSR count). The van der Waals surface area contributed by atoms with Gasteiger partial charge in [0.1, 0.15) is 0 Å². The molecule has 0 unspecified atom stereocenters. The SMILES string of the molecule is CON(C)C(=O)[C@@H](C)[C@@H](CO)O[Si](c1ccccc1)(c1ccccc1)C(C)(C)C. The van der Waals surface area contributed by atoms with E-state index in [9.17, 15) is 9.90 Å². The molecule has 0 saturated carbocycles. The Bertz CT molecular complexity index is 737. The summed E-state index contributed by atoms with van der Waals surface area (Å²) < 4.78 is 6.89. The van der Waals surface area contributed by atoms with Gasteiger partial charge in [0.05, 0.1) is 25.7 Å². The number of carbonyl (C=O) groups excluding carboxylic acids is 1. The van der Waals surface area contributed by atoms with Gasteiger partial charge in [-0.25, -0.2) is 5.06 Å². The molecule has 0 aromatic heterocycles. The van der Waals surface area contributed by atoms with Crippen molar-refractivity contribution in [3.05, 3.63) is 60.7 Å². The summed E-state index contributed by atoms with van der Waals surface area (Å²) in [6.07, 6.45) is -0.661. The van der Waals surface area contributed by atoms with E-state index < -0.39 is 20.3 Å². The summed E-state index contributed by atoms with van der Waals surface area (Å²) in [6.45, 7) is 8.02. The summed E-state index contributed by atoms with van der Waals surface area (Å²) in [5.74, 6) is -0.795. The molecule has 1 amide bonds. The third-order valence-electron chi connectivity index (χ3n) is 5.46. The van der Waals surface area contributed by atoms with Crippen molar-refractivity contribution in [2.75, 3.05) is 20.8 Å². The highest BCUT2D eigenvalue weighted by Crippen LogP contribution is 2.38. The third-order valence-corrected chi connectivity index (χ3v) is 10.5. The highest BCUT2D eigenvalue weighted by Gasteiger charge is 2.52. The number of amides is 1. The molecule has 0 aliphatic carbocycles. The minimum Gasteiger partial charge on any atom is -0.401 e. The number of carbonyl (C=O) groups is 1. The first-order valence-corrected chi connectivity index (χ1v) is 11.8. The maximum Gasteiger partial charge on any atom is 0.261 e. The zero-order chi connectivity index (χ0) is 21.7. The maximum atomic E-state index is 12.7. The Balaban J connectivity index is 2.62. The lowest BCUT2D eigenvalue weighted by atomic mass is 10.1. The smallest absolute Gasteiger partial charge is 0.261 e. The van der Waals surface area contributed by atoms with Gasteiger partial charge in [0.15, 0.2) is 0 Å². The lowest BCUT2D eigenvalue weighted by Gasteiger charge is -2.45. The quantitative estimate of drug-likeness (QED) is 0.532. The average Bonchev–Trinajstić information content (AvgIpc) is 2.73.